The van der Waals surface area contributed by atoms with Crippen LogP contribution in [0.15, 0.2) is 67.0 Å². The van der Waals surface area contributed by atoms with Crippen LogP contribution in [0.4, 0.5) is 11.5 Å². The number of amides is 1. The molecule has 0 saturated carbocycles. The van der Waals surface area contributed by atoms with Crippen LogP contribution in [0.5, 0.6) is 5.75 Å². The average Bonchev–Trinajstić information content (AvgIpc) is 2.73. The summed E-state index contributed by atoms with van der Waals surface area (Å²) in [5.74, 6) is 0.952. The van der Waals surface area contributed by atoms with Crippen LogP contribution in [0, 0.1) is 0 Å². The predicted octanol–water partition coefficient (Wildman–Crippen LogP) is 4.56. The van der Waals surface area contributed by atoms with Crippen molar-refractivity contribution in [2.24, 2.45) is 0 Å². The Bertz CT molecular complexity index is 929. The number of hydrogen-bond donors (Lipinski definition) is 2. The Morgan fingerprint density at radius 1 is 1.03 bits per heavy atom. The van der Waals surface area contributed by atoms with E-state index in [9.17, 15) is 4.79 Å². The molecule has 0 saturated heterocycles. The van der Waals surface area contributed by atoms with Crippen LogP contribution in [0.25, 0.3) is 0 Å². The van der Waals surface area contributed by atoms with E-state index in [1.54, 1.807) is 12.1 Å². The molecule has 6 nitrogen and oxygen atoms in total. The van der Waals surface area contributed by atoms with Gasteiger partial charge in [0.15, 0.2) is 0 Å². The summed E-state index contributed by atoms with van der Waals surface area (Å²) in [6.45, 7) is 4.65. The molecule has 0 aliphatic carbocycles. The van der Waals surface area contributed by atoms with Crippen LogP contribution in [-0.4, -0.2) is 28.5 Å². The SMILES string of the molecule is CC(C)Oc1ccccc1NC(=O)c1cc(NCCCc2ccccc2)ncn1. The van der Waals surface area contributed by atoms with E-state index in [2.05, 4.69) is 32.7 Å². The second-order valence-corrected chi connectivity index (χ2v) is 6.92. The largest absolute Gasteiger partial charge is 0.489 e. The number of nitrogens with one attached hydrogen (secondary N) is 2. The van der Waals surface area contributed by atoms with Gasteiger partial charge in [-0.05, 0) is 44.4 Å². The Labute approximate surface area is 171 Å². The number of ether oxygens (including phenoxy) is 1. The Kier molecular flexibility index (Phi) is 7.16. The maximum atomic E-state index is 12.6. The fraction of sp³-hybridized carbons (Fsp3) is 0.261. The molecule has 0 aliphatic rings. The molecule has 0 radical (unpaired) electrons. The third kappa shape index (κ3) is 6.31. The minimum absolute atomic E-state index is 0.0128. The molecule has 1 heterocycles. The summed E-state index contributed by atoms with van der Waals surface area (Å²) in [7, 11) is 0. The number of benzene rings is 2. The highest BCUT2D eigenvalue weighted by atomic mass is 16.5. The molecular weight excluding hydrogens is 364 g/mol. The van der Waals surface area contributed by atoms with E-state index in [0.717, 1.165) is 19.4 Å². The van der Waals surface area contributed by atoms with Gasteiger partial charge in [-0.25, -0.2) is 9.97 Å². The lowest BCUT2D eigenvalue weighted by molar-refractivity contribution is 0.102. The van der Waals surface area contributed by atoms with Crippen molar-refractivity contribution in [3.63, 3.8) is 0 Å². The lowest BCUT2D eigenvalue weighted by Gasteiger charge is -2.14. The summed E-state index contributed by atoms with van der Waals surface area (Å²) >= 11 is 0. The number of anilines is 2. The lowest BCUT2D eigenvalue weighted by atomic mass is 10.1. The molecule has 0 fully saturated rings. The van der Waals surface area contributed by atoms with Crippen molar-refractivity contribution in [1.29, 1.82) is 0 Å². The molecular formula is C23H26N4O2. The first kappa shape index (κ1) is 20.3. The van der Waals surface area contributed by atoms with Gasteiger partial charge < -0.3 is 15.4 Å². The molecule has 0 aliphatic heterocycles. The minimum atomic E-state index is -0.306. The monoisotopic (exact) mass is 390 g/mol. The molecule has 150 valence electrons. The molecule has 0 atom stereocenters. The lowest BCUT2D eigenvalue weighted by Crippen LogP contribution is -2.16. The summed E-state index contributed by atoms with van der Waals surface area (Å²) in [6.07, 6.45) is 3.36. The third-order valence-electron chi connectivity index (χ3n) is 4.19. The smallest absolute Gasteiger partial charge is 0.274 e. The normalized spacial score (nSPS) is 10.6. The molecule has 0 bridgehead atoms. The van der Waals surface area contributed by atoms with Crippen LogP contribution in [0.2, 0.25) is 0 Å². The van der Waals surface area contributed by atoms with Gasteiger partial charge in [0.1, 0.15) is 23.6 Å². The van der Waals surface area contributed by atoms with Gasteiger partial charge in [-0.3, -0.25) is 4.79 Å². The van der Waals surface area contributed by atoms with Crippen LogP contribution >= 0.6 is 0 Å². The highest BCUT2D eigenvalue weighted by molar-refractivity contribution is 6.04. The van der Waals surface area contributed by atoms with Crippen LogP contribution in [-0.2, 0) is 6.42 Å². The molecule has 6 heteroatoms. The minimum Gasteiger partial charge on any atom is -0.489 e. The van der Waals surface area contributed by atoms with Crippen molar-refractivity contribution < 1.29 is 9.53 Å². The van der Waals surface area contributed by atoms with Gasteiger partial charge >= 0.3 is 0 Å². The average molecular weight is 390 g/mol. The summed E-state index contributed by atoms with van der Waals surface area (Å²) in [6, 6.07) is 19.4. The Morgan fingerprint density at radius 2 is 1.79 bits per heavy atom. The predicted molar refractivity (Wildman–Crippen MR) is 115 cm³/mol. The fourth-order valence-electron chi connectivity index (χ4n) is 2.84. The molecule has 29 heavy (non-hydrogen) atoms. The molecule has 2 N–H and O–H groups in total. The highest BCUT2D eigenvalue weighted by Crippen LogP contribution is 2.25. The van der Waals surface area contributed by atoms with Crippen molar-refractivity contribution in [3.8, 4) is 5.75 Å². The highest BCUT2D eigenvalue weighted by Gasteiger charge is 2.12. The maximum Gasteiger partial charge on any atom is 0.274 e. The number of carbonyl (C=O) groups excluding carboxylic acids is 1. The molecule has 3 aromatic rings. The summed E-state index contributed by atoms with van der Waals surface area (Å²) in [5, 5.41) is 6.12. The Morgan fingerprint density at radius 3 is 2.59 bits per heavy atom. The summed E-state index contributed by atoms with van der Waals surface area (Å²) in [5.41, 5.74) is 2.21. The number of aryl methyl sites for hydroxylation is 1. The van der Waals surface area contributed by atoms with E-state index in [4.69, 9.17) is 4.74 Å². The zero-order valence-corrected chi connectivity index (χ0v) is 16.8. The van der Waals surface area contributed by atoms with Crippen LogP contribution in [0.1, 0.15) is 36.3 Å². The topological polar surface area (TPSA) is 76.1 Å². The van der Waals surface area contributed by atoms with E-state index >= 15 is 0 Å². The molecule has 1 aromatic heterocycles. The first-order valence-corrected chi connectivity index (χ1v) is 9.78. The number of carbonyl (C=O) groups is 1. The second kappa shape index (κ2) is 10.2. The number of rotatable bonds is 9. The first-order valence-electron chi connectivity index (χ1n) is 9.78. The maximum absolute atomic E-state index is 12.6. The molecule has 0 unspecified atom stereocenters. The number of hydrogen-bond acceptors (Lipinski definition) is 5. The summed E-state index contributed by atoms with van der Waals surface area (Å²) < 4.78 is 5.75. The quantitative estimate of drug-likeness (QED) is 0.524. The van der Waals surface area contributed by atoms with E-state index in [1.165, 1.54) is 11.9 Å². The van der Waals surface area contributed by atoms with Crippen LogP contribution in [0.3, 0.4) is 0 Å². The zero-order valence-electron chi connectivity index (χ0n) is 16.8. The van der Waals surface area contributed by atoms with Crippen molar-refractivity contribution in [2.75, 3.05) is 17.2 Å². The van der Waals surface area contributed by atoms with Crippen molar-refractivity contribution in [2.45, 2.75) is 32.8 Å². The van der Waals surface area contributed by atoms with Crippen molar-refractivity contribution >= 4 is 17.4 Å². The number of aromatic nitrogens is 2. The van der Waals surface area contributed by atoms with Gasteiger partial charge in [0.25, 0.3) is 5.91 Å². The third-order valence-corrected chi connectivity index (χ3v) is 4.19. The molecule has 3 rings (SSSR count). The van der Waals surface area contributed by atoms with Gasteiger partial charge in [-0.15, -0.1) is 0 Å². The second-order valence-electron chi connectivity index (χ2n) is 6.92. The van der Waals surface area contributed by atoms with Crippen LogP contribution < -0.4 is 15.4 Å². The van der Waals surface area contributed by atoms with Gasteiger partial charge in [0.05, 0.1) is 11.8 Å². The molecule has 2 aromatic carbocycles. The summed E-state index contributed by atoms with van der Waals surface area (Å²) in [4.78, 5) is 20.9. The zero-order chi connectivity index (χ0) is 20.5. The van der Waals surface area contributed by atoms with E-state index in [1.807, 2.05) is 50.2 Å². The van der Waals surface area contributed by atoms with E-state index in [0.29, 0.717) is 22.9 Å². The first-order chi connectivity index (χ1) is 14.1. The van der Waals surface area contributed by atoms with Gasteiger partial charge in [-0.2, -0.15) is 0 Å². The van der Waals surface area contributed by atoms with Gasteiger partial charge in [0, 0.05) is 12.6 Å². The fourth-order valence-corrected chi connectivity index (χ4v) is 2.84. The molecule has 0 spiro atoms. The number of nitrogens with zero attached hydrogens (tertiary/aromatic N) is 2. The van der Waals surface area contributed by atoms with E-state index < -0.39 is 0 Å². The Balaban J connectivity index is 1.57. The molecule has 1 amide bonds. The van der Waals surface area contributed by atoms with E-state index in [-0.39, 0.29) is 12.0 Å². The van der Waals surface area contributed by atoms with Gasteiger partial charge in [-0.1, -0.05) is 42.5 Å². The standard InChI is InChI=1S/C23H26N4O2/c1-17(2)29-21-13-7-6-12-19(21)27-23(28)20-15-22(26-16-25-20)24-14-8-11-18-9-4-3-5-10-18/h3-7,9-10,12-13,15-17H,8,11,14H2,1-2H3,(H,27,28)(H,24,25,26). The van der Waals surface area contributed by atoms with Gasteiger partial charge in [0.2, 0.25) is 0 Å². The number of para-hydroxylation sites is 2. The Hall–Kier alpha value is -3.41. The van der Waals surface area contributed by atoms with Crippen molar-refractivity contribution in [1.82, 2.24) is 9.97 Å². The van der Waals surface area contributed by atoms with Crippen molar-refractivity contribution in [3.05, 3.63) is 78.2 Å².